The SMILES string of the molecule is Cc1cc(NC(=O)[C@H](CC2CCCC2)NC(=O)c2cnc(C(C)Nc3cccc(Cl)c3)s2)cc(C)n1. The number of carbonyl (C=O) groups excluding carboxylic acids is 2. The van der Waals surface area contributed by atoms with Gasteiger partial charge in [-0.3, -0.25) is 14.6 Å². The van der Waals surface area contributed by atoms with Crippen LogP contribution in [0.15, 0.2) is 42.6 Å². The van der Waals surface area contributed by atoms with E-state index >= 15 is 0 Å². The minimum absolute atomic E-state index is 0.106. The predicted octanol–water partition coefficient (Wildman–Crippen LogP) is 6.30. The van der Waals surface area contributed by atoms with Gasteiger partial charge in [0.25, 0.3) is 5.91 Å². The molecule has 190 valence electrons. The fourth-order valence-electron chi connectivity index (χ4n) is 4.66. The lowest BCUT2D eigenvalue weighted by Gasteiger charge is -2.21. The van der Waals surface area contributed by atoms with Crippen LogP contribution < -0.4 is 16.0 Å². The number of nitrogens with zero attached hydrogens (tertiary/aromatic N) is 2. The van der Waals surface area contributed by atoms with E-state index in [9.17, 15) is 9.59 Å². The topological polar surface area (TPSA) is 96.0 Å². The lowest BCUT2D eigenvalue weighted by atomic mass is 9.97. The molecule has 1 saturated carbocycles. The van der Waals surface area contributed by atoms with Crippen LogP contribution in [-0.4, -0.2) is 27.8 Å². The van der Waals surface area contributed by atoms with E-state index in [2.05, 4.69) is 25.9 Å². The number of benzene rings is 1. The highest BCUT2D eigenvalue weighted by Gasteiger charge is 2.28. The Hall–Kier alpha value is -2.97. The molecule has 0 saturated heterocycles. The van der Waals surface area contributed by atoms with E-state index in [0.29, 0.717) is 27.9 Å². The Balaban J connectivity index is 1.44. The van der Waals surface area contributed by atoms with Gasteiger partial charge in [-0.05, 0) is 63.4 Å². The fourth-order valence-corrected chi connectivity index (χ4v) is 5.67. The number of pyridine rings is 1. The van der Waals surface area contributed by atoms with Crippen molar-refractivity contribution >= 4 is 46.1 Å². The van der Waals surface area contributed by atoms with Crippen molar-refractivity contribution in [2.75, 3.05) is 10.6 Å². The molecule has 1 aromatic carbocycles. The van der Waals surface area contributed by atoms with E-state index in [0.717, 1.165) is 34.9 Å². The molecular formula is C27H32ClN5O2S. The molecule has 3 N–H and O–H groups in total. The van der Waals surface area contributed by atoms with Crippen molar-refractivity contribution in [1.29, 1.82) is 0 Å². The molecule has 4 rings (SSSR count). The summed E-state index contributed by atoms with van der Waals surface area (Å²) in [4.78, 5) is 35.7. The van der Waals surface area contributed by atoms with Gasteiger partial charge < -0.3 is 16.0 Å². The molecule has 3 aromatic rings. The van der Waals surface area contributed by atoms with Crippen molar-refractivity contribution in [3.63, 3.8) is 0 Å². The van der Waals surface area contributed by atoms with Crippen LogP contribution in [0.3, 0.4) is 0 Å². The lowest BCUT2D eigenvalue weighted by molar-refractivity contribution is -0.118. The van der Waals surface area contributed by atoms with Gasteiger partial charge in [0.2, 0.25) is 5.91 Å². The number of halogens is 1. The third kappa shape index (κ3) is 7.04. The van der Waals surface area contributed by atoms with Crippen LogP contribution in [0.5, 0.6) is 0 Å². The van der Waals surface area contributed by atoms with Gasteiger partial charge in [-0.25, -0.2) is 4.98 Å². The number of thiazole rings is 1. The number of aromatic nitrogens is 2. The van der Waals surface area contributed by atoms with Crippen LogP contribution in [0.1, 0.15) is 71.1 Å². The average Bonchev–Trinajstić information content (AvgIpc) is 3.50. The number of hydrogen-bond donors (Lipinski definition) is 3. The van der Waals surface area contributed by atoms with E-state index < -0.39 is 6.04 Å². The highest BCUT2D eigenvalue weighted by Crippen LogP contribution is 2.30. The number of anilines is 2. The predicted molar refractivity (Wildman–Crippen MR) is 146 cm³/mol. The summed E-state index contributed by atoms with van der Waals surface area (Å²) in [6.45, 7) is 5.77. The first-order valence-corrected chi connectivity index (χ1v) is 13.5. The molecule has 1 aliphatic rings. The molecule has 1 fully saturated rings. The summed E-state index contributed by atoms with van der Waals surface area (Å²) in [5.74, 6) is -0.0594. The normalized spacial score (nSPS) is 15.3. The molecule has 36 heavy (non-hydrogen) atoms. The average molecular weight is 526 g/mol. The first-order valence-electron chi connectivity index (χ1n) is 12.3. The third-order valence-electron chi connectivity index (χ3n) is 6.34. The van der Waals surface area contributed by atoms with Crippen LogP contribution in [0.2, 0.25) is 5.02 Å². The summed E-state index contributed by atoms with van der Waals surface area (Å²) >= 11 is 7.40. The number of nitrogens with one attached hydrogen (secondary N) is 3. The van der Waals surface area contributed by atoms with Gasteiger partial charge in [0.1, 0.15) is 15.9 Å². The Morgan fingerprint density at radius 1 is 1.11 bits per heavy atom. The highest BCUT2D eigenvalue weighted by molar-refractivity contribution is 7.13. The number of hydrogen-bond acceptors (Lipinski definition) is 6. The smallest absolute Gasteiger partial charge is 0.263 e. The van der Waals surface area contributed by atoms with Gasteiger partial charge in [-0.2, -0.15) is 0 Å². The van der Waals surface area contributed by atoms with Gasteiger partial charge in [-0.1, -0.05) is 43.4 Å². The summed E-state index contributed by atoms with van der Waals surface area (Å²) in [5.41, 5.74) is 3.24. The first kappa shape index (κ1) is 26.1. The van der Waals surface area contributed by atoms with Gasteiger partial charge in [-0.15, -0.1) is 11.3 Å². The van der Waals surface area contributed by atoms with Crippen LogP contribution in [0.25, 0.3) is 0 Å². The largest absolute Gasteiger partial charge is 0.376 e. The second-order valence-electron chi connectivity index (χ2n) is 9.48. The second kappa shape index (κ2) is 11.8. The highest BCUT2D eigenvalue weighted by atomic mass is 35.5. The molecule has 0 bridgehead atoms. The maximum absolute atomic E-state index is 13.3. The van der Waals surface area contributed by atoms with E-state index in [4.69, 9.17) is 11.6 Å². The molecule has 2 atom stereocenters. The van der Waals surface area contributed by atoms with Gasteiger partial charge in [0.15, 0.2) is 0 Å². The van der Waals surface area contributed by atoms with E-state index in [1.807, 2.05) is 57.2 Å². The molecule has 0 spiro atoms. The van der Waals surface area contributed by atoms with Crippen molar-refractivity contribution in [2.45, 2.75) is 65.0 Å². The van der Waals surface area contributed by atoms with Crippen LogP contribution in [0.4, 0.5) is 11.4 Å². The number of amides is 2. The third-order valence-corrected chi connectivity index (χ3v) is 7.75. The Morgan fingerprint density at radius 3 is 2.53 bits per heavy atom. The molecular weight excluding hydrogens is 494 g/mol. The summed E-state index contributed by atoms with van der Waals surface area (Å²) in [6.07, 6.45) is 6.72. The van der Waals surface area contributed by atoms with Crippen molar-refractivity contribution in [2.24, 2.45) is 5.92 Å². The van der Waals surface area contributed by atoms with Gasteiger partial charge >= 0.3 is 0 Å². The van der Waals surface area contributed by atoms with Crippen LogP contribution >= 0.6 is 22.9 Å². The van der Waals surface area contributed by atoms with E-state index in [-0.39, 0.29) is 17.9 Å². The molecule has 2 aromatic heterocycles. The number of carbonyl (C=O) groups is 2. The molecule has 7 nitrogen and oxygen atoms in total. The fraction of sp³-hybridized carbons (Fsp3) is 0.407. The standard InChI is InChI=1S/C27H32ClN5O2S/c1-16-11-22(12-17(2)30-16)32-25(34)23(13-19-7-4-5-8-19)33-26(35)24-15-29-27(36-24)18(3)31-21-10-6-9-20(28)14-21/h6,9-12,14-15,18-19,23,31H,4-5,7-8,13H2,1-3H3,(H,33,35)(H,30,32,34)/t18?,23-/m0/s1. The zero-order valence-electron chi connectivity index (χ0n) is 20.8. The number of aryl methyl sites for hydroxylation is 2. The molecule has 1 aliphatic carbocycles. The molecule has 2 amide bonds. The minimum atomic E-state index is -0.623. The zero-order chi connectivity index (χ0) is 25.7. The molecule has 9 heteroatoms. The quantitative estimate of drug-likeness (QED) is 0.304. The summed E-state index contributed by atoms with van der Waals surface area (Å²) < 4.78 is 0. The zero-order valence-corrected chi connectivity index (χ0v) is 22.4. The van der Waals surface area contributed by atoms with Crippen molar-refractivity contribution in [1.82, 2.24) is 15.3 Å². The lowest BCUT2D eigenvalue weighted by Crippen LogP contribution is -2.44. The van der Waals surface area contributed by atoms with Gasteiger partial charge in [0, 0.05) is 27.8 Å². The maximum Gasteiger partial charge on any atom is 0.263 e. The Labute approximate surface area is 221 Å². The molecule has 0 aliphatic heterocycles. The van der Waals surface area contributed by atoms with Crippen LogP contribution in [-0.2, 0) is 4.79 Å². The summed E-state index contributed by atoms with van der Waals surface area (Å²) in [7, 11) is 0. The molecule has 1 unspecified atom stereocenters. The van der Waals surface area contributed by atoms with E-state index in [1.54, 1.807) is 6.20 Å². The van der Waals surface area contributed by atoms with Crippen molar-refractivity contribution < 1.29 is 9.59 Å². The first-order chi connectivity index (χ1) is 17.3. The Kier molecular flexibility index (Phi) is 8.59. The van der Waals surface area contributed by atoms with Crippen molar-refractivity contribution in [3.05, 3.63) is 68.9 Å². The summed E-state index contributed by atoms with van der Waals surface area (Å²) in [5, 5.41) is 10.8. The minimum Gasteiger partial charge on any atom is -0.376 e. The maximum atomic E-state index is 13.3. The number of rotatable bonds is 9. The summed E-state index contributed by atoms with van der Waals surface area (Å²) in [6, 6.07) is 10.4. The Bertz CT molecular complexity index is 1200. The molecule has 0 radical (unpaired) electrons. The van der Waals surface area contributed by atoms with Gasteiger partial charge in [0.05, 0.1) is 12.2 Å². The second-order valence-corrected chi connectivity index (χ2v) is 11.0. The van der Waals surface area contributed by atoms with Crippen LogP contribution in [0, 0.1) is 19.8 Å². The van der Waals surface area contributed by atoms with Crippen molar-refractivity contribution in [3.8, 4) is 0 Å². The monoisotopic (exact) mass is 525 g/mol. The van der Waals surface area contributed by atoms with E-state index in [1.165, 1.54) is 24.2 Å². The Morgan fingerprint density at radius 2 is 1.83 bits per heavy atom. The molecule has 2 heterocycles.